The summed E-state index contributed by atoms with van der Waals surface area (Å²) in [4.78, 5) is 11.4. The molecule has 0 aromatic heterocycles. The Labute approximate surface area is 97.9 Å². The second-order valence-corrected chi connectivity index (χ2v) is 4.50. The van der Waals surface area contributed by atoms with Gasteiger partial charge in [0.15, 0.2) is 0 Å². The summed E-state index contributed by atoms with van der Waals surface area (Å²) in [5.41, 5.74) is 5.70. The fourth-order valence-electron chi connectivity index (χ4n) is 1.86. The Morgan fingerprint density at radius 1 is 1.56 bits per heavy atom. The summed E-state index contributed by atoms with van der Waals surface area (Å²) in [6, 6.07) is -0.00840. The highest BCUT2D eigenvalue weighted by atomic mass is 16.5. The molecule has 1 amide bonds. The zero-order valence-electron chi connectivity index (χ0n) is 10.2. The second-order valence-electron chi connectivity index (χ2n) is 4.50. The molecule has 0 radical (unpaired) electrons. The summed E-state index contributed by atoms with van der Waals surface area (Å²) >= 11 is 0. The fourth-order valence-corrected chi connectivity index (χ4v) is 1.86. The minimum atomic E-state index is -0.00840. The molecule has 94 valence electrons. The normalized spacial score (nSPS) is 22.8. The van der Waals surface area contributed by atoms with Gasteiger partial charge in [-0.1, -0.05) is 6.92 Å². The zero-order valence-corrected chi connectivity index (χ0v) is 10.2. The van der Waals surface area contributed by atoms with Gasteiger partial charge in [0.05, 0.1) is 6.10 Å². The number of hydrogen-bond acceptors (Lipinski definition) is 3. The summed E-state index contributed by atoms with van der Waals surface area (Å²) in [7, 11) is 0. The van der Waals surface area contributed by atoms with Gasteiger partial charge in [0.1, 0.15) is 0 Å². The van der Waals surface area contributed by atoms with Crippen LogP contribution in [0.5, 0.6) is 0 Å². The Morgan fingerprint density at radius 3 is 3.00 bits per heavy atom. The van der Waals surface area contributed by atoms with Gasteiger partial charge >= 0.3 is 0 Å². The van der Waals surface area contributed by atoms with Crippen molar-refractivity contribution in [1.82, 2.24) is 5.32 Å². The molecule has 1 aliphatic rings. The summed E-state index contributed by atoms with van der Waals surface area (Å²) in [5, 5.41) is 2.90. The van der Waals surface area contributed by atoms with Crippen molar-refractivity contribution in [3.63, 3.8) is 0 Å². The first kappa shape index (κ1) is 13.5. The Morgan fingerprint density at radius 2 is 2.38 bits per heavy atom. The van der Waals surface area contributed by atoms with E-state index in [1.165, 1.54) is 12.8 Å². The Kier molecular flexibility index (Phi) is 6.42. The van der Waals surface area contributed by atoms with E-state index in [9.17, 15) is 4.79 Å². The van der Waals surface area contributed by atoms with Crippen LogP contribution in [0.25, 0.3) is 0 Å². The molecule has 2 atom stereocenters. The maximum absolute atomic E-state index is 11.4. The number of carbonyl (C=O) groups is 1. The van der Waals surface area contributed by atoms with Gasteiger partial charge in [-0.2, -0.15) is 0 Å². The van der Waals surface area contributed by atoms with Gasteiger partial charge in [-0.15, -0.1) is 0 Å². The van der Waals surface area contributed by atoms with E-state index in [-0.39, 0.29) is 11.9 Å². The number of hydrogen-bond donors (Lipinski definition) is 2. The van der Waals surface area contributed by atoms with Gasteiger partial charge < -0.3 is 15.8 Å². The summed E-state index contributed by atoms with van der Waals surface area (Å²) < 4.78 is 5.59. The SMILES string of the molecule is CCC(N)CC(=O)NCCC1CCCCO1. The fraction of sp³-hybridized carbons (Fsp3) is 0.917. The quantitative estimate of drug-likeness (QED) is 0.717. The number of nitrogens with two attached hydrogens (primary N) is 1. The van der Waals surface area contributed by atoms with E-state index >= 15 is 0 Å². The van der Waals surface area contributed by atoms with E-state index in [0.717, 1.165) is 25.9 Å². The van der Waals surface area contributed by atoms with Crippen molar-refractivity contribution in [2.24, 2.45) is 5.73 Å². The molecular formula is C12H24N2O2. The molecular weight excluding hydrogens is 204 g/mol. The molecule has 16 heavy (non-hydrogen) atoms. The lowest BCUT2D eigenvalue weighted by molar-refractivity contribution is -0.121. The molecule has 1 heterocycles. The van der Waals surface area contributed by atoms with Crippen molar-refractivity contribution in [1.29, 1.82) is 0 Å². The number of ether oxygens (including phenoxy) is 1. The first-order valence-electron chi connectivity index (χ1n) is 6.36. The average Bonchev–Trinajstić information content (AvgIpc) is 2.30. The zero-order chi connectivity index (χ0) is 11.8. The van der Waals surface area contributed by atoms with Crippen molar-refractivity contribution >= 4 is 5.91 Å². The predicted octanol–water partition coefficient (Wildman–Crippen LogP) is 1.19. The molecule has 0 aromatic carbocycles. The molecule has 1 aliphatic heterocycles. The van der Waals surface area contributed by atoms with E-state index in [1.54, 1.807) is 0 Å². The van der Waals surface area contributed by atoms with Crippen molar-refractivity contribution in [2.45, 2.75) is 57.6 Å². The van der Waals surface area contributed by atoms with Crippen LogP contribution in [0.2, 0.25) is 0 Å². The van der Waals surface area contributed by atoms with Crippen molar-refractivity contribution in [2.75, 3.05) is 13.2 Å². The summed E-state index contributed by atoms with van der Waals surface area (Å²) in [6.45, 7) is 3.58. The topological polar surface area (TPSA) is 64.4 Å². The molecule has 4 heteroatoms. The van der Waals surface area contributed by atoms with Gasteiger partial charge in [0, 0.05) is 25.6 Å². The minimum absolute atomic E-state index is 0.00840. The third kappa shape index (κ3) is 5.47. The maximum atomic E-state index is 11.4. The van der Waals surface area contributed by atoms with Crippen LogP contribution in [0.3, 0.4) is 0 Å². The lowest BCUT2D eigenvalue weighted by Gasteiger charge is -2.22. The lowest BCUT2D eigenvalue weighted by Crippen LogP contribution is -2.33. The second kappa shape index (κ2) is 7.63. The van der Waals surface area contributed by atoms with Crippen LogP contribution in [-0.2, 0) is 9.53 Å². The smallest absolute Gasteiger partial charge is 0.221 e. The van der Waals surface area contributed by atoms with Crippen LogP contribution in [0.1, 0.15) is 45.4 Å². The predicted molar refractivity (Wildman–Crippen MR) is 64.1 cm³/mol. The van der Waals surface area contributed by atoms with Crippen LogP contribution >= 0.6 is 0 Å². The lowest BCUT2D eigenvalue weighted by atomic mass is 10.1. The van der Waals surface area contributed by atoms with Gasteiger partial charge in [-0.05, 0) is 32.1 Å². The van der Waals surface area contributed by atoms with Gasteiger partial charge in [-0.25, -0.2) is 0 Å². The van der Waals surface area contributed by atoms with E-state index in [1.807, 2.05) is 6.92 Å². The average molecular weight is 228 g/mol. The molecule has 4 nitrogen and oxygen atoms in total. The van der Waals surface area contributed by atoms with E-state index in [2.05, 4.69) is 5.32 Å². The molecule has 3 N–H and O–H groups in total. The molecule has 1 rings (SSSR count). The molecule has 0 bridgehead atoms. The highest BCUT2D eigenvalue weighted by Gasteiger charge is 2.14. The maximum Gasteiger partial charge on any atom is 0.221 e. The van der Waals surface area contributed by atoms with Gasteiger partial charge in [0.25, 0.3) is 0 Å². The number of rotatable bonds is 6. The van der Waals surface area contributed by atoms with Crippen LogP contribution in [0.15, 0.2) is 0 Å². The highest BCUT2D eigenvalue weighted by molar-refractivity contribution is 5.76. The largest absolute Gasteiger partial charge is 0.378 e. The van der Waals surface area contributed by atoms with Gasteiger partial charge in [0.2, 0.25) is 5.91 Å². The molecule has 0 aliphatic carbocycles. The Hall–Kier alpha value is -0.610. The molecule has 0 aromatic rings. The van der Waals surface area contributed by atoms with Crippen LogP contribution < -0.4 is 11.1 Å². The van der Waals surface area contributed by atoms with E-state index in [0.29, 0.717) is 19.1 Å². The van der Waals surface area contributed by atoms with Crippen molar-refractivity contribution in [3.8, 4) is 0 Å². The molecule has 0 spiro atoms. The van der Waals surface area contributed by atoms with Crippen molar-refractivity contribution in [3.05, 3.63) is 0 Å². The van der Waals surface area contributed by atoms with Crippen molar-refractivity contribution < 1.29 is 9.53 Å². The van der Waals surface area contributed by atoms with Crippen LogP contribution in [0.4, 0.5) is 0 Å². The van der Waals surface area contributed by atoms with Gasteiger partial charge in [-0.3, -0.25) is 4.79 Å². The van der Waals surface area contributed by atoms with E-state index < -0.39 is 0 Å². The third-order valence-corrected chi connectivity index (χ3v) is 3.03. The monoisotopic (exact) mass is 228 g/mol. The van der Waals surface area contributed by atoms with E-state index in [4.69, 9.17) is 10.5 Å². The third-order valence-electron chi connectivity index (χ3n) is 3.03. The standard InChI is InChI=1S/C12H24N2O2/c1-2-10(13)9-12(15)14-7-6-11-5-3-4-8-16-11/h10-11H,2-9,13H2,1H3,(H,14,15). The Bertz CT molecular complexity index is 203. The number of carbonyl (C=O) groups excluding carboxylic acids is 1. The highest BCUT2D eigenvalue weighted by Crippen LogP contribution is 2.14. The minimum Gasteiger partial charge on any atom is -0.378 e. The van der Waals surface area contributed by atoms with Crippen LogP contribution in [-0.4, -0.2) is 31.2 Å². The number of nitrogens with one attached hydrogen (secondary N) is 1. The molecule has 0 saturated carbocycles. The van der Waals surface area contributed by atoms with Crippen LogP contribution in [0, 0.1) is 0 Å². The first-order chi connectivity index (χ1) is 7.72. The first-order valence-corrected chi connectivity index (χ1v) is 6.36. The molecule has 1 fully saturated rings. The molecule has 1 saturated heterocycles. The summed E-state index contributed by atoms with van der Waals surface area (Å²) in [5.74, 6) is 0.0603. The molecule has 2 unspecified atom stereocenters. The Balaban J connectivity index is 2.03. The summed E-state index contributed by atoms with van der Waals surface area (Å²) in [6.07, 6.45) is 6.10. The number of amides is 1.